The highest BCUT2D eigenvalue weighted by Gasteiger charge is 2.22. The predicted octanol–water partition coefficient (Wildman–Crippen LogP) is 1.11. The average molecular weight is 278 g/mol. The molecule has 17 heavy (non-hydrogen) atoms. The van der Waals surface area contributed by atoms with Crippen molar-refractivity contribution in [1.82, 2.24) is 10.3 Å². The van der Waals surface area contributed by atoms with Crippen LogP contribution < -0.4 is 10.6 Å². The molecule has 1 unspecified atom stereocenters. The number of ether oxygens (including phenoxy) is 1. The van der Waals surface area contributed by atoms with Crippen molar-refractivity contribution in [3.63, 3.8) is 0 Å². The molecule has 0 saturated carbocycles. The quantitative estimate of drug-likeness (QED) is 0.850. The molecule has 1 aliphatic rings. The summed E-state index contributed by atoms with van der Waals surface area (Å²) in [7, 11) is 0. The van der Waals surface area contributed by atoms with Crippen molar-refractivity contribution in [2.75, 3.05) is 25.0 Å². The number of nitrogens with zero attached hydrogens (tertiary/aromatic N) is 1. The normalized spacial score (nSPS) is 19.5. The van der Waals surface area contributed by atoms with E-state index in [1.165, 1.54) is 11.3 Å². The van der Waals surface area contributed by atoms with Gasteiger partial charge in [0, 0.05) is 18.0 Å². The van der Waals surface area contributed by atoms with Gasteiger partial charge in [0.2, 0.25) is 0 Å². The molecule has 1 atom stereocenters. The zero-order valence-electron chi connectivity index (χ0n) is 9.78. The molecule has 1 aliphatic heterocycles. The van der Waals surface area contributed by atoms with Gasteiger partial charge in [-0.25, -0.2) is 4.98 Å². The van der Waals surface area contributed by atoms with Crippen molar-refractivity contribution >= 4 is 34.8 Å². The Hall–Kier alpha value is -0.690. The largest absolute Gasteiger partial charge is 0.366 e. The molecule has 96 valence electrons. The van der Waals surface area contributed by atoms with E-state index in [0.29, 0.717) is 18.3 Å². The second kappa shape index (κ2) is 6.30. The molecule has 0 aliphatic carbocycles. The van der Waals surface area contributed by atoms with Crippen LogP contribution in [0, 0.1) is 13.8 Å². The van der Waals surface area contributed by atoms with Crippen LogP contribution in [-0.2, 0) is 9.53 Å². The third kappa shape index (κ3) is 3.64. The van der Waals surface area contributed by atoms with E-state index in [0.717, 1.165) is 17.1 Å². The maximum absolute atomic E-state index is 11.8. The van der Waals surface area contributed by atoms with Crippen molar-refractivity contribution in [3.8, 4) is 0 Å². The van der Waals surface area contributed by atoms with Crippen LogP contribution in [0.4, 0.5) is 5.13 Å². The number of hydrogen-bond donors (Lipinski definition) is 2. The summed E-state index contributed by atoms with van der Waals surface area (Å²) in [4.78, 5) is 17.2. The molecule has 1 aromatic heterocycles. The summed E-state index contributed by atoms with van der Waals surface area (Å²) in [6, 6.07) is 0. The Morgan fingerprint density at radius 1 is 1.59 bits per heavy atom. The lowest BCUT2D eigenvalue weighted by Gasteiger charge is -2.22. The summed E-state index contributed by atoms with van der Waals surface area (Å²) < 4.78 is 5.35. The molecule has 5 nitrogen and oxygen atoms in total. The smallest absolute Gasteiger partial charge is 0.256 e. The van der Waals surface area contributed by atoms with Gasteiger partial charge in [0.1, 0.15) is 6.10 Å². The van der Waals surface area contributed by atoms with Crippen molar-refractivity contribution in [2.24, 2.45) is 0 Å². The van der Waals surface area contributed by atoms with E-state index in [1.807, 2.05) is 13.8 Å². The maximum Gasteiger partial charge on any atom is 0.256 e. The third-order valence-corrected chi connectivity index (χ3v) is 3.47. The first kappa shape index (κ1) is 14.4. The van der Waals surface area contributed by atoms with E-state index in [4.69, 9.17) is 4.74 Å². The number of rotatable bonds is 2. The molecule has 1 amide bonds. The van der Waals surface area contributed by atoms with Gasteiger partial charge in [-0.1, -0.05) is 0 Å². The standard InChI is InChI=1S/C10H15N3O2S.ClH/c1-6-7(2)16-10(12-6)13-9(14)8-5-11-3-4-15-8;/h8,11H,3-5H2,1-2H3,(H,12,13,14);1H. The number of nitrogens with one attached hydrogen (secondary N) is 2. The van der Waals surface area contributed by atoms with Gasteiger partial charge in [0.15, 0.2) is 5.13 Å². The van der Waals surface area contributed by atoms with E-state index >= 15 is 0 Å². The van der Waals surface area contributed by atoms with E-state index in [-0.39, 0.29) is 18.3 Å². The van der Waals surface area contributed by atoms with Crippen LogP contribution in [0.15, 0.2) is 0 Å². The number of carbonyl (C=O) groups is 1. The first-order valence-corrected chi connectivity index (χ1v) is 6.05. The highest BCUT2D eigenvalue weighted by Crippen LogP contribution is 2.21. The van der Waals surface area contributed by atoms with Gasteiger partial charge in [-0.3, -0.25) is 10.1 Å². The van der Waals surface area contributed by atoms with Crippen LogP contribution in [0.25, 0.3) is 0 Å². The number of thiazole rings is 1. The van der Waals surface area contributed by atoms with Crippen molar-refractivity contribution in [2.45, 2.75) is 20.0 Å². The predicted molar refractivity (Wildman–Crippen MR) is 70.1 cm³/mol. The number of anilines is 1. The molecule has 2 rings (SSSR count). The lowest BCUT2D eigenvalue weighted by atomic mass is 10.3. The minimum absolute atomic E-state index is 0. The molecular weight excluding hydrogens is 262 g/mol. The Labute approximate surface area is 110 Å². The number of carbonyl (C=O) groups excluding carboxylic acids is 1. The molecule has 1 saturated heterocycles. The summed E-state index contributed by atoms with van der Waals surface area (Å²) >= 11 is 1.49. The lowest BCUT2D eigenvalue weighted by molar-refractivity contribution is -0.128. The average Bonchev–Trinajstić information content (AvgIpc) is 2.59. The number of amides is 1. The van der Waals surface area contributed by atoms with E-state index < -0.39 is 6.10 Å². The minimum atomic E-state index is -0.404. The molecule has 0 radical (unpaired) electrons. The summed E-state index contributed by atoms with van der Waals surface area (Å²) in [5.74, 6) is -0.124. The summed E-state index contributed by atoms with van der Waals surface area (Å²) in [6.45, 7) is 5.86. The first-order chi connectivity index (χ1) is 7.66. The van der Waals surface area contributed by atoms with Gasteiger partial charge in [0.05, 0.1) is 12.3 Å². The Kier molecular flexibility index (Phi) is 5.32. The molecule has 7 heteroatoms. The van der Waals surface area contributed by atoms with Gasteiger partial charge in [-0.05, 0) is 13.8 Å². The van der Waals surface area contributed by atoms with Gasteiger partial charge in [-0.15, -0.1) is 23.7 Å². The molecule has 2 N–H and O–H groups in total. The molecular formula is C10H16ClN3O2S. The fourth-order valence-electron chi connectivity index (χ4n) is 1.45. The van der Waals surface area contributed by atoms with Gasteiger partial charge in [-0.2, -0.15) is 0 Å². The molecule has 2 heterocycles. The second-order valence-corrected chi connectivity index (χ2v) is 4.92. The van der Waals surface area contributed by atoms with Gasteiger partial charge >= 0.3 is 0 Å². The van der Waals surface area contributed by atoms with Crippen molar-refractivity contribution in [1.29, 1.82) is 0 Å². The van der Waals surface area contributed by atoms with Gasteiger partial charge < -0.3 is 10.1 Å². The highest BCUT2D eigenvalue weighted by atomic mass is 35.5. The Morgan fingerprint density at radius 3 is 2.88 bits per heavy atom. The number of halogens is 1. The minimum Gasteiger partial charge on any atom is -0.366 e. The maximum atomic E-state index is 11.8. The molecule has 1 aromatic rings. The van der Waals surface area contributed by atoms with Crippen molar-refractivity contribution < 1.29 is 9.53 Å². The monoisotopic (exact) mass is 277 g/mol. The highest BCUT2D eigenvalue weighted by molar-refractivity contribution is 7.15. The lowest BCUT2D eigenvalue weighted by Crippen LogP contribution is -2.45. The molecule has 0 bridgehead atoms. The van der Waals surface area contributed by atoms with Crippen LogP contribution in [0.5, 0.6) is 0 Å². The second-order valence-electron chi connectivity index (χ2n) is 3.71. The summed E-state index contributed by atoms with van der Waals surface area (Å²) in [5, 5.41) is 6.54. The molecule has 0 aromatic carbocycles. The van der Waals surface area contributed by atoms with E-state index in [2.05, 4.69) is 15.6 Å². The zero-order valence-corrected chi connectivity index (χ0v) is 11.4. The van der Waals surface area contributed by atoms with Crippen LogP contribution in [-0.4, -0.2) is 36.7 Å². The fourth-order valence-corrected chi connectivity index (χ4v) is 2.26. The van der Waals surface area contributed by atoms with E-state index in [9.17, 15) is 4.79 Å². The summed E-state index contributed by atoms with van der Waals surface area (Å²) in [6.07, 6.45) is -0.404. The van der Waals surface area contributed by atoms with Crippen molar-refractivity contribution in [3.05, 3.63) is 10.6 Å². The van der Waals surface area contributed by atoms with Gasteiger partial charge in [0.25, 0.3) is 5.91 Å². The third-order valence-electron chi connectivity index (χ3n) is 2.48. The van der Waals surface area contributed by atoms with Crippen LogP contribution in [0.3, 0.4) is 0 Å². The fraction of sp³-hybridized carbons (Fsp3) is 0.600. The Morgan fingerprint density at radius 2 is 2.35 bits per heavy atom. The Balaban J connectivity index is 0.00000144. The number of aromatic nitrogens is 1. The first-order valence-electron chi connectivity index (χ1n) is 5.24. The van der Waals surface area contributed by atoms with Crippen LogP contribution in [0.2, 0.25) is 0 Å². The Bertz CT molecular complexity index is 371. The summed E-state index contributed by atoms with van der Waals surface area (Å²) in [5.41, 5.74) is 0.961. The number of hydrogen-bond acceptors (Lipinski definition) is 5. The number of morpholine rings is 1. The van der Waals surface area contributed by atoms with Crippen LogP contribution in [0.1, 0.15) is 10.6 Å². The number of aryl methyl sites for hydroxylation is 2. The van der Waals surface area contributed by atoms with Crippen LogP contribution >= 0.6 is 23.7 Å². The zero-order chi connectivity index (χ0) is 11.5. The van der Waals surface area contributed by atoms with E-state index in [1.54, 1.807) is 0 Å². The SMILES string of the molecule is Cc1nc(NC(=O)C2CNCCO2)sc1C.Cl. The molecule has 1 fully saturated rings. The topological polar surface area (TPSA) is 63.2 Å². The molecule has 0 spiro atoms.